The Morgan fingerprint density at radius 1 is 1.31 bits per heavy atom. The van der Waals surface area contributed by atoms with Crippen molar-refractivity contribution in [1.29, 1.82) is 5.26 Å². The quantitative estimate of drug-likeness (QED) is 0.788. The van der Waals surface area contributed by atoms with Gasteiger partial charge in [-0.15, -0.1) is 0 Å². The van der Waals surface area contributed by atoms with Crippen LogP contribution in [0.1, 0.15) is 32.7 Å². The van der Waals surface area contributed by atoms with Crippen LogP contribution in [0.25, 0.3) is 0 Å². The lowest BCUT2D eigenvalue weighted by molar-refractivity contribution is 0.101. The number of aliphatic imine (C=N–C) groups is 1. The van der Waals surface area contributed by atoms with Crippen LogP contribution in [-0.4, -0.2) is 16.6 Å². The minimum absolute atomic E-state index is 0.228. The summed E-state index contributed by atoms with van der Waals surface area (Å²) in [6, 6.07) is 10.1. The van der Waals surface area contributed by atoms with Gasteiger partial charge in [0.15, 0.2) is 11.5 Å². The summed E-state index contributed by atoms with van der Waals surface area (Å²) < 4.78 is 19.2. The number of nitriles is 1. The standard InChI is InChI=1S/C19H11FN4O2/c20-16-11(8-21)3-5-22-18(16)19(25)24-14-2-1-12-9-23-17(15(12)7-14)13-4-6-26-10-13/h1-7,10H,9H2,(H,24,25). The molecule has 0 saturated heterocycles. The van der Waals surface area contributed by atoms with E-state index in [0.717, 1.165) is 22.4 Å². The number of rotatable bonds is 3. The Labute approximate surface area is 147 Å². The van der Waals surface area contributed by atoms with Gasteiger partial charge in [0.1, 0.15) is 6.07 Å². The number of nitrogens with zero attached hydrogens (tertiary/aromatic N) is 3. The third-order valence-electron chi connectivity index (χ3n) is 4.05. The van der Waals surface area contributed by atoms with Gasteiger partial charge < -0.3 is 9.73 Å². The number of hydrogen-bond donors (Lipinski definition) is 1. The Bertz CT molecular complexity index is 1080. The van der Waals surface area contributed by atoms with Gasteiger partial charge in [0.05, 0.1) is 30.3 Å². The van der Waals surface area contributed by atoms with E-state index in [9.17, 15) is 9.18 Å². The molecule has 1 N–H and O–H groups in total. The number of furan rings is 1. The molecule has 0 saturated carbocycles. The zero-order chi connectivity index (χ0) is 18.1. The van der Waals surface area contributed by atoms with Crippen LogP contribution < -0.4 is 5.32 Å². The second-order valence-corrected chi connectivity index (χ2v) is 5.64. The van der Waals surface area contributed by atoms with Gasteiger partial charge in [-0.3, -0.25) is 9.79 Å². The number of carbonyl (C=O) groups is 1. The van der Waals surface area contributed by atoms with Gasteiger partial charge in [-0.05, 0) is 29.8 Å². The Hall–Kier alpha value is -3.79. The summed E-state index contributed by atoms with van der Waals surface area (Å²) in [5.74, 6) is -1.66. The Morgan fingerprint density at radius 3 is 2.96 bits per heavy atom. The van der Waals surface area contributed by atoms with E-state index in [1.807, 2.05) is 12.1 Å². The number of carbonyl (C=O) groups excluding carboxylic acids is 1. The van der Waals surface area contributed by atoms with Crippen LogP contribution in [0, 0.1) is 17.1 Å². The number of aromatic nitrogens is 1. The van der Waals surface area contributed by atoms with Crippen LogP contribution in [0.15, 0.2) is 58.5 Å². The number of pyridine rings is 1. The van der Waals surface area contributed by atoms with Crippen LogP contribution in [0.2, 0.25) is 0 Å². The molecule has 0 fully saturated rings. The number of benzene rings is 1. The van der Waals surface area contributed by atoms with Crippen molar-refractivity contribution in [2.24, 2.45) is 4.99 Å². The van der Waals surface area contributed by atoms with Crippen LogP contribution >= 0.6 is 0 Å². The van der Waals surface area contributed by atoms with E-state index in [1.54, 1.807) is 30.7 Å². The Morgan fingerprint density at radius 2 is 2.19 bits per heavy atom. The summed E-state index contributed by atoms with van der Waals surface area (Å²) in [5.41, 5.74) is 3.36. The molecule has 7 heteroatoms. The van der Waals surface area contributed by atoms with Gasteiger partial charge in [-0.1, -0.05) is 6.07 Å². The molecular weight excluding hydrogens is 335 g/mol. The largest absolute Gasteiger partial charge is 0.472 e. The lowest BCUT2D eigenvalue weighted by Gasteiger charge is -2.09. The maximum Gasteiger partial charge on any atom is 0.277 e. The second kappa shape index (κ2) is 6.26. The lowest BCUT2D eigenvalue weighted by Crippen LogP contribution is -2.16. The van der Waals surface area contributed by atoms with Gasteiger partial charge >= 0.3 is 0 Å². The smallest absolute Gasteiger partial charge is 0.277 e. The van der Waals surface area contributed by atoms with Gasteiger partial charge in [-0.2, -0.15) is 5.26 Å². The number of fused-ring (bicyclic) bond motifs is 1. The summed E-state index contributed by atoms with van der Waals surface area (Å²) in [4.78, 5) is 20.6. The van der Waals surface area contributed by atoms with Crippen molar-refractivity contribution < 1.29 is 13.6 Å². The Kier molecular flexibility index (Phi) is 3.78. The van der Waals surface area contributed by atoms with Gasteiger partial charge in [0.25, 0.3) is 5.91 Å². The predicted molar refractivity (Wildman–Crippen MR) is 91.4 cm³/mol. The highest BCUT2D eigenvalue weighted by atomic mass is 19.1. The second-order valence-electron chi connectivity index (χ2n) is 5.64. The topological polar surface area (TPSA) is 91.3 Å². The normalized spacial score (nSPS) is 12.2. The van der Waals surface area contributed by atoms with Crippen LogP contribution in [0.5, 0.6) is 0 Å². The van der Waals surface area contributed by atoms with Crippen molar-refractivity contribution in [3.8, 4) is 6.07 Å². The van der Waals surface area contributed by atoms with Crippen LogP contribution in [-0.2, 0) is 6.54 Å². The highest BCUT2D eigenvalue weighted by Gasteiger charge is 2.21. The molecule has 0 aliphatic carbocycles. The zero-order valence-corrected chi connectivity index (χ0v) is 13.4. The number of anilines is 1. The highest BCUT2D eigenvalue weighted by Crippen LogP contribution is 2.26. The molecule has 0 radical (unpaired) electrons. The highest BCUT2D eigenvalue weighted by molar-refractivity contribution is 6.15. The molecule has 126 valence electrons. The number of hydrogen-bond acceptors (Lipinski definition) is 5. The number of halogens is 1. The van der Waals surface area contributed by atoms with Crippen molar-refractivity contribution in [3.05, 3.63) is 82.8 Å². The predicted octanol–water partition coefficient (Wildman–Crippen LogP) is 3.29. The van der Waals surface area contributed by atoms with Crippen molar-refractivity contribution in [2.45, 2.75) is 6.54 Å². The first-order valence-electron chi connectivity index (χ1n) is 7.73. The molecule has 26 heavy (non-hydrogen) atoms. The third kappa shape index (κ3) is 2.63. The van der Waals surface area contributed by atoms with E-state index < -0.39 is 17.4 Å². The number of nitrogens with one attached hydrogen (secondary N) is 1. The molecule has 1 amide bonds. The summed E-state index contributed by atoms with van der Waals surface area (Å²) in [6.07, 6.45) is 4.40. The fourth-order valence-corrected chi connectivity index (χ4v) is 2.79. The first-order valence-corrected chi connectivity index (χ1v) is 7.73. The van der Waals surface area contributed by atoms with E-state index in [2.05, 4.69) is 15.3 Å². The van der Waals surface area contributed by atoms with Gasteiger partial charge in [-0.25, -0.2) is 9.37 Å². The molecule has 0 unspecified atom stereocenters. The molecule has 0 bridgehead atoms. The molecule has 1 aliphatic rings. The monoisotopic (exact) mass is 346 g/mol. The first kappa shape index (κ1) is 15.7. The van der Waals surface area contributed by atoms with Crippen LogP contribution in [0.4, 0.5) is 10.1 Å². The van der Waals surface area contributed by atoms with Gasteiger partial charge in [0, 0.05) is 23.0 Å². The molecule has 3 heterocycles. The molecule has 6 nitrogen and oxygen atoms in total. The average Bonchev–Trinajstić information content (AvgIpc) is 3.30. The summed E-state index contributed by atoms with van der Waals surface area (Å²) in [6.45, 7) is 0.546. The fraction of sp³-hybridized carbons (Fsp3) is 0.0526. The summed E-state index contributed by atoms with van der Waals surface area (Å²) >= 11 is 0. The van der Waals surface area contributed by atoms with E-state index in [1.165, 1.54) is 12.3 Å². The van der Waals surface area contributed by atoms with Gasteiger partial charge in [0.2, 0.25) is 0 Å². The minimum Gasteiger partial charge on any atom is -0.472 e. The van der Waals surface area contributed by atoms with Crippen molar-refractivity contribution in [1.82, 2.24) is 4.98 Å². The first-order chi connectivity index (χ1) is 12.7. The van der Waals surface area contributed by atoms with Crippen molar-refractivity contribution in [2.75, 3.05) is 5.32 Å². The third-order valence-corrected chi connectivity index (χ3v) is 4.05. The average molecular weight is 346 g/mol. The fourth-order valence-electron chi connectivity index (χ4n) is 2.79. The maximum atomic E-state index is 14.1. The van der Waals surface area contributed by atoms with Crippen molar-refractivity contribution in [3.63, 3.8) is 0 Å². The molecule has 3 aromatic rings. The number of amides is 1. The van der Waals surface area contributed by atoms with E-state index >= 15 is 0 Å². The van der Waals surface area contributed by atoms with E-state index in [0.29, 0.717) is 12.2 Å². The molecule has 1 aromatic carbocycles. The summed E-state index contributed by atoms with van der Waals surface area (Å²) in [5, 5.41) is 11.5. The van der Waals surface area contributed by atoms with E-state index in [4.69, 9.17) is 9.68 Å². The molecule has 0 atom stereocenters. The zero-order valence-electron chi connectivity index (χ0n) is 13.4. The molecule has 1 aliphatic heterocycles. The maximum absolute atomic E-state index is 14.1. The summed E-state index contributed by atoms with van der Waals surface area (Å²) in [7, 11) is 0. The van der Waals surface area contributed by atoms with E-state index in [-0.39, 0.29) is 5.56 Å². The Balaban J connectivity index is 1.63. The van der Waals surface area contributed by atoms with Crippen molar-refractivity contribution >= 4 is 17.3 Å². The molecule has 0 spiro atoms. The molecule has 4 rings (SSSR count). The molecular formula is C19H11FN4O2. The SMILES string of the molecule is N#Cc1ccnc(C(=O)Nc2ccc3c(c2)C(c2ccoc2)=NC3)c1F. The lowest BCUT2D eigenvalue weighted by atomic mass is 10.0. The molecule has 2 aromatic heterocycles. The minimum atomic E-state index is -0.936. The van der Waals surface area contributed by atoms with Crippen LogP contribution in [0.3, 0.4) is 0 Å².